The Morgan fingerprint density at radius 1 is 1.10 bits per heavy atom. The van der Waals surface area contributed by atoms with Crippen LogP contribution in [0.3, 0.4) is 0 Å². The second-order valence-electron chi connectivity index (χ2n) is 9.77. The number of anilines is 2. The maximum atomic E-state index is 14.3. The van der Waals surface area contributed by atoms with Gasteiger partial charge in [-0.25, -0.2) is 4.98 Å². The number of nitrogens with two attached hydrogens (primary N) is 1. The average molecular weight is 544 g/mol. The van der Waals surface area contributed by atoms with Crippen LogP contribution in [-0.2, 0) is 17.9 Å². The molecule has 2 atom stereocenters. The molecule has 3 aromatic rings. The number of nitrogen functional groups attached to an aromatic ring is 1. The smallest absolute Gasteiger partial charge is 0.259 e. The minimum atomic E-state index is -0.0961. The van der Waals surface area contributed by atoms with E-state index in [1.807, 2.05) is 65.6 Å². The lowest BCUT2D eigenvalue weighted by Crippen LogP contribution is -2.51. The fourth-order valence-corrected chi connectivity index (χ4v) is 5.87. The van der Waals surface area contributed by atoms with Crippen LogP contribution < -0.4 is 25.8 Å². The van der Waals surface area contributed by atoms with Crippen LogP contribution in [0.4, 0.5) is 11.5 Å². The SMILES string of the molecule is COc1ccc(CN2C(=O)C(C(=S)Nc3ccccc3)=C(NCc3ccnc(N)c3)[C@@H]3CCC[C@@H]32)c(OC)c1. The Balaban J connectivity index is 1.51. The fraction of sp³-hybridized carbons (Fsp3) is 0.300. The molecule has 5 rings (SSSR count). The van der Waals surface area contributed by atoms with Crippen LogP contribution >= 0.6 is 12.2 Å². The molecular weight excluding hydrogens is 510 g/mol. The summed E-state index contributed by atoms with van der Waals surface area (Å²) in [4.78, 5) is 20.8. The summed E-state index contributed by atoms with van der Waals surface area (Å²) in [5.41, 5.74) is 10.1. The summed E-state index contributed by atoms with van der Waals surface area (Å²) in [6, 6.07) is 19.2. The maximum absolute atomic E-state index is 14.3. The van der Waals surface area contributed by atoms with Crippen molar-refractivity contribution in [1.29, 1.82) is 0 Å². The number of ether oxygens (including phenoxy) is 2. The number of methoxy groups -OCH3 is 2. The van der Waals surface area contributed by atoms with Crippen molar-refractivity contribution in [3.05, 3.63) is 89.3 Å². The monoisotopic (exact) mass is 543 g/mol. The summed E-state index contributed by atoms with van der Waals surface area (Å²) in [6.45, 7) is 0.932. The number of fused-ring (bicyclic) bond motifs is 1. The Morgan fingerprint density at radius 2 is 1.92 bits per heavy atom. The molecule has 9 heteroatoms. The Hall–Kier alpha value is -4.11. The molecule has 0 bridgehead atoms. The van der Waals surface area contributed by atoms with E-state index in [0.29, 0.717) is 41.0 Å². The summed E-state index contributed by atoms with van der Waals surface area (Å²) in [5.74, 6) is 1.89. The lowest BCUT2D eigenvalue weighted by Gasteiger charge is -2.41. The van der Waals surface area contributed by atoms with Crippen LogP contribution in [0.25, 0.3) is 0 Å². The van der Waals surface area contributed by atoms with Crippen LogP contribution in [0.1, 0.15) is 30.4 Å². The molecular formula is C30H33N5O3S. The van der Waals surface area contributed by atoms with Crippen LogP contribution in [-0.4, -0.2) is 41.0 Å². The largest absolute Gasteiger partial charge is 0.497 e. The van der Waals surface area contributed by atoms with Crippen molar-refractivity contribution in [2.24, 2.45) is 5.92 Å². The van der Waals surface area contributed by atoms with E-state index in [1.54, 1.807) is 20.4 Å². The molecule has 0 radical (unpaired) electrons. The molecule has 0 saturated heterocycles. The highest BCUT2D eigenvalue weighted by molar-refractivity contribution is 7.81. The zero-order chi connectivity index (χ0) is 27.4. The summed E-state index contributed by atoms with van der Waals surface area (Å²) in [7, 11) is 3.26. The van der Waals surface area contributed by atoms with Gasteiger partial charge in [0.25, 0.3) is 5.91 Å². The van der Waals surface area contributed by atoms with E-state index in [2.05, 4.69) is 15.6 Å². The van der Waals surface area contributed by atoms with E-state index in [-0.39, 0.29) is 17.9 Å². The van der Waals surface area contributed by atoms with Gasteiger partial charge in [-0.3, -0.25) is 4.79 Å². The molecule has 0 unspecified atom stereocenters. The van der Waals surface area contributed by atoms with Crippen LogP contribution in [0, 0.1) is 5.92 Å². The lowest BCUT2D eigenvalue weighted by atomic mass is 9.88. The third kappa shape index (κ3) is 5.68. The number of carbonyl (C=O) groups is 1. The predicted octanol–water partition coefficient (Wildman–Crippen LogP) is 4.68. The average Bonchev–Trinajstić information content (AvgIpc) is 3.44. The Morgan fingerprint density at radius 3 is 2.67 bits per heavy atom. The lowest BCUT2D eigenvalue weighted by molar-refractivity contribution is -0.131. The number of benzene rings is 2. The number of aromatic nitrogens is 1. The molecule has 0 spiro atoms. The van der Waals surface area contributed by atoms with Gasteiger partial charge in [-0.05, 0) is 54.8 Å². The van der Waals surface area contributed by atoms with Crippen LogP contribution in [0.5, 0.6) is 11.5 Å². The van der Waals surface area contributed by atoms with Gasteiger partial charge in [-0.1, -0.05) is 36.8 Å². The Bertz CT molecular complexity index is 1390. The van der Waals surface area contributed by atoms with Gasteiger partial charge in [0.05, 0.1) is 19.8 Å². The minimum Gasteiger partial charge on any atom is -0.497 e. The normalized spacial score (nSPS) is 18.5. The molecule has 4 N–H and O–H groups in total. The summed E-state index contributed by atoms with van der Waals surface area (Å²) >= 11 is 5.89. The quantitative estimate of drug-likeness (QED) is 0.335. The number of nitrogens with one attached hydrogen (secondary N) is 2. The van der Waals surface area contributed by atoms with Crippen molar-refractivity contribution >= 4 is 34.6 Å². The number of thiocarbonyl (C=S) groups is 1. The minimum absolute atomic E-state index is 0.0533. The van der Waals surface area contributed by atoms with Crippen molar-refractivity contribution < 1.29 is 14.3 Å². The number of rotatable bonds is 9. The highest BCUT2D eigenvalue weighted by Crippen LogP contribution is 2.42. The maximum Gasteiger partial charge on any atom is 0.259 e. The molecule has 202 valence electrons. The second kappa shape index (κ2) is 11.7. The van der Waals surface area contributed by atoms with Gasteiger partial charge >= 0.3 is 0 Å². The van der Waals surface area contributed by atoms with E-state index >= 15 is 0 Å². The van der Waals surface area contributed by atoms with Crippen molar-refractivity contribution in [3.8, 4) is 11.5 Å². The number of amides is 1. The first-order valence-corrected chi connectivity index (χ1v) is 13.5. The van der Waals surface area contributed by atoms with Crippen molar-refractivity contribution in [3.63, 3.8) is 0 Å². The second-order valence-corrected chi connectivity index (χ2v) is 10.2. The predicted molar refractivity (Wildman–Crippen MR) is 156 cm³/mol. The van der Waals surface area contributed by atoms with E-state index in [1.165, 1.54) is 0 Å². The zero-order valence-corrected chi connectivity index (χ0v) is 23.0. The molecule has 1 amide bonds. The number of carbonyl (C=O) groups excluding carboxylic acids is 1. The number of pyridine rings is 1. The molecule has 1 aliphatic heterocycles. The van der Waals surface area contributed by atoms with Gasteiger partial charge in [0.1, 0.15) is 22.3 Å². The first kappa shape index (κ1) is 26.5. The summed E-state index contributed by atoms with van der Waals surface area (Å²) < 4.78 is 11.0. The van der Waals surface area contributed by atoms with Crippen LogP contribution in [0.2, 0.25) is 0 Å². The molecule has 2 heterocycles. The Kier molecular flexibility index (Phi) is 7.97. The van der Waals surface area contributed by atoms with E-state index in [9.17, 15) is 4.79 Å². The van der Waals surface area contributed by atoms with Gasteiger partial charge in [0.15, 0.2) is 0 Å². The van der Waals surface area contributed by atoms with E-state index in [0.717, 1.165) is 41.8 Å². The highest BCUT2D eigenvalue weighted by atomic mass is 32.1. The molecule has 39 heavy (non-hydrogen) atoms. The third-order valence-corrected chi connectivity index (χ3v) is 7.72. The van der Waals surface area contributed by atoms with Gasteiger partial charge in [-0.15, -0.1) is 0 Å². The standard InChI is InChI=1S/C30H33N5O3S/c1-37-22-12-11-20(25(16-22)38-2)18-35-24-10-6-9-23(24)28(33-17-19-13-14-32-26(31)15-19)27(30(35)36)29(39)34-21-7-4-3-5-8-21/h3-5,7-8,11-16,23-24,33H,6,9-10,17-18H2,1-2H3,(H2,31,32)(H,34,39)/t23-,24+/m1/s1. The molecule has 2 aromatic carbocycles. The van der Waals surface area contributed by atoms with Crippen molar-refractivity contribution in [2.75, 3.05) is 25.3 Å². The zero-order valence-electron chi connectivity index (χ0n) is 22.1. The number of para-hydroxylation sites is 1. The van der Waals surface area contributed by atoms with E-state index in [4.69, 9.17) is 27.4 Å². The summed E-state index contributed by atoms with van der Waals surface area (Å²) in [6.07, 6.45) is 4.61. The van der Waals surface area contributed by atoms with Crippen molar-refractivity contribution in [2.45, 2.75) is 38.4 Å². The van der Waals surface area contributed by atoms with Gasteiger partial charge in [0, 0.05) is 54.3 Å². The highest BCUT2D eigenvalue weighted by Gasteiger charge is 2.45. The van der Waals surface area contributed by atoms with Gasteiger partial charge in [0.2, 0.25) is 0 Å². The molecule has 1 aromatic heterocycles. The van der Waals surface area contributed by atoms with E-state index < -0.39 is 0 Å². The number of hydrogen-bond acceptors (Lipinski definition) is 7. The molecule has 2 aliphatic rings. The Labute approximate surface area is 234 Å². The topological polar surface area (TPSA) is 102 Å². The van der Waals surface area contributed by atoms with Gasteiger partial charge in [-0.2, -0.15) is 0 Å². The third-order valence-electron chi connectivity index (χ3n) is 7.42. The first-order chi connectivity index (χ1) is 19.0. The molecule has 1 saturated carbocycles. The first-order valence-electron chi connectivity index (χ1n) is 13.0. The van der Waals surface area contributed by atoms with Crippen LogP contribution in [0.15, 0.2) is 78.1 Å². The molecule has 1 fully saturated rings. The fourth-order valence-electron chi connectivity index (χ4n) is 5.56. The number of hydrogen-bond donors (Lipinski definition) is 3. The number of nitrogens with zero attached hydrogens (tertiary/aromatic N) is 2. The van der Waals surface area contributed by atoms with Gasteiger partial charge < -0.3 is 30.7 Å². The summed E-state index contributed by atoms with van der Waals surface area (Å²) in [5, 5.41) is 6.88. The van der Waals surface area contributed by atoms with Crippen molar-refractivity contribution in [1.82, 2.24) is 15.2 Å². The molecule has 1 aliphatic carbocycles. The molecule has 8 nitrogen and oxygen atoms in total.